The number of ether oxygens (including phenoxy) is 1. The van der Waals surface area contributed by atoms with Crippen LogP contribution in [-0.4, -0.2) is 24.0 Å². The van der Waals surface area contributed by atoms with Crippen LogP contribution in [0.1, 0.15) is 12.0 Å². The quantitative estimate of drug-likeness (QED) is 0.737. The minimum absolute atomic E-state index is 0.228. The summed E-state index contributed by atoms with van der Waals surface area (Å²) in [6.45, 7) is 0. The monoisotopic (exact) mass is 384 g/mol. The van der Waals surface area contributed by atoms with Crippen LogP contribution in [0.4, 0.5) is 18.9 Å². The Morgan fingerprint density at radius 2 is 1.85 bits per heavy atom. The smallest absolute Gasteiger partial charge is 0.419 e. The number of carbonyl (C=O) groups excluding carboxylic acids is 1. The van der Waals surface area contributed by atoms with Gasteiger partial charge in [-0.25, -0.2) is 0 Å². The molecule has 0 radical (unpaired) electrons. The van der Waals surface area contributed by atoms with E-state index in [1.807, 2.05) is 6.26 Å². The summed E-state index contributed by atoms with van der Waals surface area (Å²) in [6, 6.07) is 10.4. The zero-order valence-corrected chi connectivity index (χ0v) is 14.9. The van der Waals surface area contributed by atoms with Gasteiger partial charge in [-0.2, -0.15) is 24.9 Å². The number of carbonyl (C=O) groups is 1. The molecule has 4 nitrogen and oxygen atoms in total. The third kappa shape index (κ3) is 5.67. The number of anilines is 1. The van der Waals surface area contributed by atoms with Gasteiger partial charge in [-0.3, -0.25) is 4.79 Å². The lowest BCUT2D eigenvalue weighted by Crippen LogP contribution is -2.36. The molecular weight excluding hydrogens is 365 g/mol. The van der Waals surface area contributed by atoms with Crippen LogP contribution in [0, 0.1) is 0 Å². The first-order valence-electron chi connectivity index (χ1n) is 7.81. The summed E-state index contributed by atoms with van der Waals surface area (Å²) < 4.78 is 44.3. The molecule has 26 heavy (non-hydrogen) atoms. The Kier molecular flexibility index (Phi) is 6.93. The second-order valence-corrected chi connectivity index (χ2v) is 6.48. The highest BCUT2D eigenvalue weighted by molar-refractivity contribution is 7.98. The maximum Gasteiger partial charge on any atom is 0.419 e. The van der Waals surface area contributed by atoms with Gasteiger partial charge in [0.1, 0.15) is 11.5 Å². The van der Waals surface area contributed by atoms with Crippen molar-refractivity contribution in [3.05, 3.63) is 54.1 Å². The van der Waals surface area contributed by atoms with E-state index in [9.17, 15) is 18.0 Å². The zero-order valence-electron chi connectivity index (χ0n) is 14.0. The van der Waals surface area contributed by atoms with Crippen molar-refractivity contribution < 1.29 is 22.7 Å². The van der Waals surface area contributed by atoms with Gasteiger partial charge in [0.15, 0.2) is 0 Å². The van der Waals surface area contributed by atoms with Crippen LogP contribution < -0.4 is 15.8 Å². The predicted octanol–water partition coefficient (Wildman–Crippen LogP) is 4.52. The van der Waals surface area contributed by atoms with Crippen molar-refractivity contribution in [3.8, 4) is 11.5 Å². The summed E-state index contributed by atoms with van der Waals surface area (Å²) in [4.78, 5) is 11.9. The van der Waals surface area contributed by atoms with E-state index in [4.69, 9.17) is 10.5 Å². The topological polar surface area (TPSA) is 64.4 Å². The molecule has 2 aromatic carbocycles. The lowest BCUT2D eigenvalue weighted by Gasteiger charge is -2.14. The lowest BCUT2D eigenvalue weighted by atomic mass is 10.2. The normalized spacial score (nSPS) is 12.5. The van der Waals surface area contributed by atoms with Crippen LogP contribution >= 0.6 is 11.8 Å². The molecule has 0 unspecified atom stereocenters. The number of nitrogens with two attached hydrogens (primary N) is 1. The van der Waals surface area contributed by atoms with Crippen molar-refractivity contribution in [1.29, 1.82) is 0 Å². The summed E-state index contributed by atoms with van der Waals surface area (Å²) in [5, 5.41) is 2.67. The van der Waals surface area contributed by atoms with Gasteiger partial charge in [0.25, 0.3) is 0 Å². The Morgan fingerprint density at radius 3 is 2.46 bits per heavy atom. The standard InChI is InChI=1S/C18H19F3N2O2S/c1-26-11-10-15(22)17(24)23-12-6-8-13(9-7-12)25-16-5-3-2-4-14(16)18(19,20)21/h2-9,15H,10-11,22H2,1H3,(H,23,24)/t15-/m0/s1. The second kappa shape index (κ2) is 8.95. The van der Waals surface area contributed by atoms with Crippen LogP contribution in [0.15, 0.2) is 48.5 Å². The molecule has 140 valence electrons. The zero-order chi connectivity index (χ0) is 19.2. The fraction of sp³-hybridized carbons (Fsp3) is 0.278. The predicted molar refractivity (Wildman–Crippen MR) is 97.6 cm³/mol. The molecule has 1 amide bonds. The third-order valence-electron chi connectivity index (χ3n) is 3.51. The van der Waals surface area contributed by atoms with Crippen LogP contribution in [-0.2, 0) is 11.0 Å². The van der Waals surface area contributed by atoms with Crippen molar-refractivity contribution in [2.24, 2.45) is 5.73 Å². The largest absolute Gasteiger partial charge is 0.457 e. The molecule has 0 aliphatic heterocycles. The summed E-state index contributed by atoms with van der Waals surface area (Å²) >= 11 is 1.60. The van der Waals surface area contributed by atoms with E-state index in [2.05, 4.69) is 5.32 Å². The summed E-state index contributed by atoms with van der Waals surface area (Å²) in [5.74, 6) is 0.414. The van der Waals surface area contributed by atoms with Crippen LogP contribution in [0.5, 0.6) is 11.5 Å². The average molecular weight is 384 g/mol. The molecule has 2 aromatic rings. The van der Waals surface area contributed by atoms with Gasteiger partial charge < -0.3 is 15.8 Å². The molecule has 0 aliphatic carbocycles. The molecule has 0 aliphatic rings. The third-order valence-corrected chi connectivity index (χ3v) is 4.16. The molecule has 0 bridgehead atoms. The van der Waals surface area contributed by atoms with Crippen LogP contribution in [0.3, 0.4) is 0 Å². The van der Waals surface area contributed by atoms with Gasteiger partial charge in [-0.1, -0.05) is 12.1 Å². The molecule has 0 aromatic heterocycles. The van der Waals surface area contributed by atoms with Gasteiger partial charge >= 0.3 is 6.18 Å². The summed E-state index contributed by atoms with van der Waals surface area (Å²) in [6.07, 6.45) is -2.01. The van der Waals surface area contributed by atoms with Gasteiger partial charge in [0, 0.05) is 5.69 Å². The number of thioether (sulfide) groups is 1. The van der Waals surface area contributed by atoms with Crippen LogP contribution in [0.2, 0.25) is 0 Å². The molecule has 1 atom stereocenters. The maximum absolute atomic E-state index is 13.0. The maximum atomic E-state index is 13.0. The molecule has 3 N–H and O–H groups in total. The first kappa shape index (κ1) is 20.1. The van der Waals surface area contributed by atoms with E-state index in [0.29, 0.717) is 12.1 Å². The highest BCUT2D eigenvalue weighted by atomic mass is 32.2. The molecule has 0 saturated heterocycles. The summed E-state index contributed by atoms with van der Waals surface area (Å²) in [5.41, 5.74) is 5.43. The van der Waals surface area contributed by atoms with Gasteiger partial charge in [0.05, 0.1) is 11.6 Å². The van der Waals surface area contributed by atoms with Crippen molar-refractivity contribution >= 4 is 23.4 Å². The molecule has 2 rings (SSSR count). The lowest BCUT2D eigenvalue weighted by molar-refractivity contribution is -0.138. The Labute approximate surface area is 153 Å². The number of amides is 1. The molecule has 0 spiro atoms. The van der Waals surface area contributed by atoms with E-state index >= 15 is 0 Å². The Hall–Kier alpha value is -2.19. The van der Waals surface area contributed by atoms with E-state index in [1.54, 1.807) is 23.9 Å². The van der Waals surface area contributed by atoms with Crippen molar-refractivity contribution in [2.75, 3.05) is 17.3 Å². The van der Waals surface area contributed by atoms with Crippen molar-refractivity contribution in [2.45, 2.75) is 18.6 Å². The van der Waals surface area contributed by atoms with E-state index in [-0.39, 0.29) is 17.4 Å². The number of nitrogens with one attached hydrogen (secondary N) is 1. The fourth-order valence-corrected chi connectivity index (χ4v) is 2.62. The number of hydrogen-bond acceptors (Lipinski definition) is 4. The first-order valence-corrected chi connectivity index (χ1v) is 9.20. The van der Waals surface area contributed by atoms with Gasteiger partial charge in [-0.15, -0.1) is 0 Å². The number of hydrogen-bond donors (Lipinski definition) is 2. The SMILES string of the molecule is CSCC[C@H](N)C(=O)Nc1ccc(Oc2ccccc2C(F)(F)F)cc1. The van der Waals surface area contributed by atoms with E-state index < -0.39 is 17.8 Å². The molecular formula is C18H19F3N2O2S. The number of rotatable bonds is 7. The fourth-order valence-electron chi connectivity index (χ4n) is 2.13. The minimum Gasteiger partial charge on any atom is -0.457 e. The Balaban J connectivity index is 2.04. The Morgan fingerprint density at radius 1 is 1.19 bits per heavy atom. The molecule has 0 fully saturated rings. The van der Waals surface area contributed by atoms with Crippen molar-refractivity contribution in [1.82, 2.24) is 0 Å². The average Bonchev–Trinajstić information content (AvgIpc) is 2.60. The van der Waals surface area contributed by atoms with Crippen molar-refractivity contribution in [3.63, 3.8) is 0 Å². The molecule has 0 heterocycles. The van der Waals surface area contributed by atoms with Gasteiger partial charge in [0.2, 0.25) is 5.91 Å². The number of alkyl halides is 3. The number of para-hydroxylation sites is 1. The second-order valence-electron chi connectivity index (χ2n) is 5.50. The molecule has 0 saturated carbocycles. The van der Waals surface area contributed by atoms with E-state index in [1.165, 1.54) is 30.3 Å². The summed E-state index contributed by atoms with van der Waals surface area (Å²) in [7, 11) is 0. The first-order chi connectivity index (χ1) is 12.3. The highest BCUT2D eigenvalue weighted by Crippen LogP contribution is 2.37. The minimum atomic E-state index is -4.50. The van der Waals surface area contributed by atoms with Crippen LogP contribution in [0.25, 0.3) is 0 Å². The Bertz CT molecular complexity index is 736. The molecule has 8 heteroatoms. The van der Waals surface area contributed by atoms with E-state index in [0.717, 1.165) is 11.8 Å². The number of halogens is 3. The highest BCUT2D eigenvalue weighted by Gasteiger charge is 2.34. The van der Waals surface area contributed by atoms with Gasteiger partial charge in [-0.05, 0) is 54.8 Å². The number of benzene rings is 2.